The maximum atomic E-state index is 11.9. The Morgan fingerprint density at radius 2 is 2.13 bits per heavy atom. The molecule has 0 saturated carbocycles. The topological polar surface area (TPSA) is 84.2 Å². The van der Waals surface area contributed by atoms with Crippen LogP contribution in [0.5, 0.6) is 0 Å². The van der Waals surface area contributed by atoms with E-state index in [9.17, 15) is 9.59 Å². The van der Waals surface area contributed by atoms with E-state index < -0.39 is 0 Å². The average Bonchev–Trinajstić information content (AvgIpc) is 3.12. The maximum Gasteiger partial charge on any atom is 0.250 e. The molecule has 0 bridgehead atoms. The Bertz CT molecular complexity index is 881. The lowest BCUT2D eigenvalue weighted by Crippen LogP contribution is -2.07. The molecule has 3 aromatic rings. The predicted molar refractivity (Wildman–Crippen MR) is 90.3 cm³/mol. The summed E-state index contributed by atoms with van der Waals surface area (Å²) < 4.78 is 5.99. The highest BCUT2D eigenvalue weighted by atomic mass is 32.1. The van der Waals surface area contributed by atoms with Crippen LogP contribution >= 0.6 is 11.3 Å². The minimum absolute atomic E-state index is 0.134. The number of hydrogen-bond donors (Lipinski definition) is 2. The van der Waals surface area contributed by atoms with E-state index in [1.807, 2.05) is 6.07 Å². The van der Waals surface area contributed by atoms with Crippen LogP contribution in [0.1, 0.15) is 12.7 Å². The number of nitrogens with zero attached hydrogens (tertiary/aromatic N) is 1. The van der Waals surface area contributed by atoms with E-state index in [0.29, 0.717) is 16.6 Å². The number of aromatic nitrogens is 1. The van der Waals surface area contributed by atoms with Gasteiger partial charge < -0.3 is 9.73 Å². The third-order valence-corrected chi connectivity index (χ3v) is 3.81. The number of thiazole rings is 1. The van der Waals surface area contributed by atoms with Gasteiger partial charge in [0.15, 0.2) is 5.13 Å². The SMILES string of the molecule is CC(=O)Nc1ccc2nc(NC(=O)/C=C/c3ccco3)sc2c1. The molecule has 0 aliphatic rings. The van der Waals surface area contributed by atoms with Crippen molar-refractivity contribution in [2.24, 2.45) is 0 Å². The third kappa shape index (κ3) is 3.83. The van der Waals surface area contributed by atoms with E-state index in [-0.39, 0.29) is 11.8 Å². The Balaban J connectivity index is 1.72. The van der Waals surface area contributed by atoms with Crippen molar-refractivity contribution in [2.45, 2.75) is 6.92 Å². The number of rotatable bonds is 4. The molecule has 0 atom stereocenters. The van der Waals surface area contributed by atoms with Gasteiger partial charge in [-0.05, 0) is 36.4 Å². The van der Waals surface area contributed by atoms with E-state index in [4.69, 9.17) is 4.42 Å². The molecule has 0 fully saturated rings. The molecule has 23 heavy (non-hydrogen) atoms. The highest BCUT2D eigenvalue weighted by Gasteiger charge is 2.07. The van der Waals surface area contributed by atoms with Gasteiger partial charge in [-0.3, -0.25) is 14.9 Å². The minimum Gasteiger partial charge on any atom is -0.465 e. The Kier molecular flexibility index (Phi) is 4.20. The van der Waals surface area contributed by atoms with Crippen molar-refractivity contribution in [3.8, 4) is 0 Å². The minimum atomic E-state index is -0.289. The second-order valence-electron chi connectivity index (χ2n) is 4.72. The number of fused-ring (bicyclic) bond motifs is 1. The number of furan rings is 1. The number of carbonyl (C=O) groups excluding carboxylic acids is 2. The highest BCUT2D eigenvalue weighted by molar-refractivity contribution is 7.22. The molecule has 0 aliphatic carbocycles. The molecule has 116 valence electrons. The van der Waals surface area contributed by atoms with E-state index in [1.165, 1.54) is 30.6 Å². The van der Waals surface area contributed by atoms with Crippen LogP contribution in [0, 0.1) is 0 Å². The summed E-state index contributed by atoms with van der Waals surface area (Å²) in [5, 5.41) is 5.92. The molecule has 0 radical (unpaired) electrons. The van der Waals surface area contributed by atoms with E-state index in [0.717, 1.165) is 10.2 Å². The summed E-state index contributed by atoms with van der Waals surface area (Å²) in [7, 11) is 0. The molecular weight excluding hydrogens is 314 g/mol. The van der Waals surface area contributed by atoms with Crippen molar-refractivity contribution < 1.29 is 14.0 Å². The molecule has 0 saturated heterocycles. The lowest BCUT2D eigenvalue weighted by molar-refractivity contribution is -0.114. The van der Waals surface area contributed by atoms with Gasteiger partial charge >= 0.3 is 0 Å². The van der Waals surface area contributed by atoms with Crippen molar-refractivity contribution >= 4 is 50.3 Å². The zero-order chi connectivity index (χ0) is 16.2. The van der Waals surface area contributed by atoms with Gasteiger partial charge in [-0.1, -0.05) is 11.3 Å². The van der Waals surface area contributed by atoms with Gasteiger partial charge in [0.2, 0.25) is 11.8 Å². The van der Waals surface area contributed by atoms with Gasteiger partial charge in [0.1, 0.15) is 5.76 Å². The molecule has 1 aromatic carbocycles. The number of benzene rings is 1. The summed E-state index contributed by atoms with van der Waals surface area (Å²) in [6, 6.07) is 8.89. The molecule has 2 heterocycles. The zero-order valence-electron chi connectivity index (χ0n) is 12.2. The second-order valence-corrected chi connectivity index (χ2v) is 5.75. The van der Waals surface area contributed by atoms with Crippen molar-refractivity contribution in [1.29, 1.82) is 0 Å². The Morgan fingerprint density at radius 3 is 2.87 bits per heavy atom. The summed E-state index contributed by atoms with van der Waals surface area (Å²) in [5.41, 5.74) is 1.46. The fourth-order valence-corrected chi connectivity index (χ4v) is 2.86. The molecule has 6 nitrogen and oxygen atoms in total. The standard InChI is InChI=1S/C16H13N3O3S/c1-10(20)17-11-4-6-13-14(9-11)23-16(18-13)19-15(21)7-5-12-3-2-8-22-12/h2-9H,1H3,(H,17,20)(H,18,19,21)/b7-5+. The van der Waals surface area contributed by atoms with Gasteiger partial charge in [-0.25, -0.2) is 4.98 Å². The number of amides is 2. The van der Waals surface area contributed by atoms with E-state index in [2.05, 4.69) is 15.6 Å². The molecule has 7 heteroatoms. The predicted octanol–water partition coefficient (Wildman–Crippen LogP) is 3.50. The van der Waals surface area contributed by atoms with Gasteiger partial charge in [-0.2, -0.15) is 0 Å². The highest BCUT2D eigenvalue weighted by Crippen LogP contribution is 2.28. The molecule has 3 rings (SSSR count). The van der Waals surface area contributed by atoms with Crippen LogP contribution in [-0.2, 0) is 9.59 Å². The summed E-state index contributed by atoms with van der Waals surface area (Å²) in [6.07, 6.45) is 4.50. The first-order valence-corrected chi connectivity index (χ1v) is 7.62. The summed E-state index contributed by atoms with van der Waals surface area (Å²) >= 11 is 1.34. The third-order valence-electron chi connectivity index (χ3n) is 2.88. The lowest BCUT2D eigenvalue weighted by Gasteiger charge is -1.99. The molecule has 2 N–H and O–H groups in total. The Hall–Kier alpha value is -2.93. The van der Waals surface area contributed by atoms with Crippen LogP contribution in [0.3, 0.4) is 0 Å². The largest absolute Gasteiger partial charge is 0.465 e. The van der Waals surface area contributed by atoms with Crippen molar-refractivity contribution in [1.82, 2.24) is 4.98 Å². The molecule has 0 aliphatic heterocycles. The number of anilines is 2. The van der Waals surface area contributed by atoms with Crippen molar-refractivity contribution in [3.05, 3.63) is 48.4 Å². The molecule has 0 spiro atoms. The fourth-order valence-electron chi connectivity index (χ4n) is 1.95. The molecule has 2 amide bonds. The summed E-state index contributed by atoms with van der Waals surface area (Å²) in [5.74, 6) is 0.178. The summed E-state index contributed by atoms with van der Waals surface area (Å²) in [4.78, 5) is 27.3. The zero-order valence-corrected chi connectivity index (χ0v) is 13.0. The van der Waals surface area contributed by atoms with Gasteiger partial charge in [0, 0.05) is 18.7 Å². The summed E-state index contributed by atoms with van der Waals surface area (Å²) in [6.45, 7) is 1.45. The van der Waals surface area contributed by atoms with Gasteiger partial charge in [0.25, 0.3) is 0 Å². The van der Waals surface area contributed by atoms with Crippen molar-refractivity contribution in [2.75, 3.05) is 10.6 Å². The number of hydrogen-bond acceptors (Lipinski definition) is 5. The van der Waals surface area contributed by atoms with Crippen LogP contribution < -0.4 is 10.6 Å². The Labute approximate surface area is 135 Å². The Morgan fingerprint density at radius 1 is 1.26 bits per heavy atom. The quantitative estimate of drug-likeness (QED) is 0.718. The normalized spacial score (nSPS) is 11.0. The van der Waals surface area contributed by atoms with Crippen LogP contribution in [0.25, 0.3) is 16.3 Å². The fraction of sp³-hybridized carbons (Fsp3) is 0.0625. The smallest absolute Gasteiger partial charge is 0.250 e. The first kappa shape index (κ1) is 15.0. The first-order chi connectivity index (χ1) is 11.1. The van der Waals surface area contributed by atoms with Gasteiger partial charge in [-0.15, -0.1) is 0 Å². The maximum absolute atomic E-state index is 11.9. The molecule has 0 unspecified atom stereocenters. The lowest BCUT2D eigenvalue weighted by atomic mass is 10.3. The van der Waals surface area contributed by atoms with Gasteiger partial charge in [0.05, 0.1) is 16.5 Å². The van der Waals surface area contributed by atoms with E-state index >= 15 is 0 Å². The molecule has 2 aromatic heterocycles. The molecular formula is C16H13N3O3S. The number of carbonyl (C=O) groups is 2. The average molecular weight is 327 g/mol. The van der Waals surface area contributed by atoms with Crippen LogP contribution in [-0.4, -0.2) is 16.8 Å². The van der Waals surface area contributed by atoms with E-state index in [1.54, 1.807) is 30.3 Å². The second kappa shape index (κ2) is 6.45. The van der Waals surface area contributed by atoms with Crippen LogP contribution in [0.15, 0.2) is 47.1 Å². The number of nitrogens with one attached hydrogen (secondary N) is 2. The van der Waals surface area contributed by atoms with Crippen molar-refractivity contribution in [3.63, 3.8) is 0 Å². The van der Waals surface area contributed by atoms with Crippen LogP contribution in [0.4, 0.5) is 10.8 Å². The first-order valence-electron chi connectivity index (χ1n) is 6.81. The van der Waals surface area contributed by atoms with Crippen LogP contribution in [0.2, 0.25) is 0 Å². The monoisotopic (exact) mass is 327 g/mol.